The molecular weight excluding hydrogens is 378 g/mol. The molecule has 10 nitrogen and oxygen atoms in total. The molecule has 4 aromatic rings. The van der Waals surface area contributed by atoms with E-state index in [2.05, 4.69) is 15.4 Å². The van der Waals surface area contributed by atoms with Crippen LogP contribution in [0.15, 0.2) is 62.9 Å². The topological polar surface area (TPSA) is 129 Å². The van der Waals surface area contributed by atoms with E-state index in [-0.39, 0.29) is 23.7 Å². The standard InChI is InChI=1S/C19H15N5O5/c25-16(29-11-24-19(28)14-7-3-4-8-15(14)20-22-24)9-10-23-18(27)13-6-2-1-5-12(13)17(26)21-23/h1-8H,9-11H2,(H,21,26). The summed E-state index contributed by atoms with van der Waals surface area (Å²) in [5.41, 5.74) is -0.825. The molecule has 4 rings (SSSR count). The maximum atomic E-state index is 12.4. The van der Waals surface area contributed by atoms with Crippen LogP contribution in [0, 0.1) is 0 Å². The van der Waals surface area contributed by atoms with Crippen LogP contribution >= 0.6 is 0 Å². The van der Waals surface area contributed by atoms with E-state index in [0.29, 0.717) is 10.9 Å². The van der Waals surface area contributed by atoms with Crippen LogP contribution in [0.1, 0.15) is 6.42 Å². The highest BCUT2D eigenvalue weighted by molar-refractivity contribution is 5.80. The fourth-order valence-corrected chi connectivity index (χ4v) is 2.92. The summed E-state index contributed by atoms with van der Waals surface area (Å²) in [6, 6.07) is 13.1. The number of carbonyl (C=O) groups excluding carboxylic acids is 1. The molecular formula is C19H15N5O5. The first kappa shape index (κ1) is 18.3. The van der Waals surface area contributed by atoms with E-state index in [1.165, 1.54) is 0 Å². The zero-order chi connectivity index (χ0) is 20.4. The van der Waals surface area contributed by atoms with Crippen molar-refractivity contribution in [3.8, 4) is 0 Å². The van der Waals surface area contributed by atoms with Gasteiger partial charge in [0.2, 0.25) is 0 Å². The largest absolute Gasteiger partial charge is 0.442 e. The molecule has 2 heterocycles. The minimum absolute atomic E-state index is 0.0734. The number of esters is 1. The van der Waals surface area contributed by atoms with Crippen molar-refractivity contribution in [3.63, 3.8) is 0 Å². The van der Waals surface area contributed by atoms with Gasteiger partial charge in [-0.3, -0.25) is 24.3 Å². The van der Waals surface area contributed by atoms with E-state index in [4.69, 9.17) is 4.74 Å². The normalized spacial score (nSPS) is 11.0. The maximum Gasteiger partial charge on any atom is 0.309 e. The number of hydrogen-bond acceptors (Lipinski definition) is 7. The van der Waals surface area contributed by atoms with Crippen molar-refractivity contribution in [2.45, 2.75) is 19.7 Å². The molecule has 0 unspecified atom stereocenters. The SMILES string of the molecule is O=C(CCn1[nH]c(=O)c2ccccc2c1=O)OCn1nnc2ccccc2c1=O. The van der Waals surface area contributed by atoms with Gasteiger partial charge in [-0.15, -0.1) is 5.10 Å². The quantitative estimate of drug-likeness (QED) is 0.486. The number of aromatic amines is 1. The van der Waals surface area contributed by atoms with Crippen LogP contribution in [0.4, 0.5) is 0 Å². The van der Waals surface area contributed by atoms with Gasteiger partial charge in [0.25, 0.3) is 16.7 Å². The van der Waals surface area contributed by atoms with Gasteiger partial charge in [0.05, 0.1) is 29.1 Å². The van der Waals surface area contributed by atoms with Crippen molar-refractivity contribution in [1.82, 2.24) is 24.8 Å². The number of carbonyl (C=O) groups is 1. The van der Waals surface area contributed by atoms with Crippen LogP contribution in [0.5, 0.6) is 0 Å². The Morgan fingerprint density at radius 1 is 0.931 bits per heavy atom. The van der Waals surface area contributed by atoms with E-state index in [9.17, 15) is 19.2 Å². The Morgan fingerprint density at radius 3 is 2.41 bits per heavy atom. The van der Waals surface area contributed by atoms with E-state index in [1.54, 1.807) is 48.5 Å². The number of ether oxygens (including phenoxy) is 1. The first-order valence-electron chi connectivity index (χ1n) is 8.74. The average molecular weight is 393 g/mol. The highest BCUT2D eigenvalue weighted by Crippen LogP contribution is 2.04. The zero-order valence-corrected chi connectivity index (χ0v) is 15.1. The van der Waals surface area contributed by atoms with Gasteiger partial charge in [-0.1, -0.05) is 29.5 Å². The third-order valence-electron chi connectivity index (χ3n) is 4.40. The number of nitrogens with one attached hydrogen (secondary N) is 1. The van der Waals surface area contributed by atoms with Gasteiger partial charge in [0.15, 0.2) is 6.73 Å². The summed E-state index contributed by atoms with van der Waals surface area (Å²) in [4.78, 5) is 48.8. The first-order valence-corrected chi connectivity index (χ1v) is 8.74. The zero-order valence-electron chi connectivity index (χ0n) is 15.1. The Morgan fingerprint density at radius 2 is 1.62 bits per heavy atom. The molecule has 1 N–H and O–H groups in total. The molecule has 0 saturated heterocycles. The number of aryl methyl sites for hydroxylation is 1. The Hall–Kier alpha value is -4.08. The van der Waals surface area contributed by atoms with Crippen LogP contribution in [0.2, 0.25) is 0 Å². The number of rotatable bonds is 5. The summed E-state index contributed by atoms with van der Waals surface area (Å²) in [5, 5.41) is 11.0. The summed E-state index contributed by atoms with van der Waals surface area (Å²) in [5.74, 6) is -0.659. The number of H-pyrrole nitrogens is 1. The van der Waals surface area contributed by atoms with Crippen LogP contribution in [-0.2, 0) is 22.8 Å². The highest BCUT2D eigenvalue weighted by Gasteiger charge is 2.11. The molecule has 146 valence electrons. The van der Waals surface area contributed by atoms with Crippen molar-refractivity contribution in [2.75, 3.05) is 0 Å². The molecule has 0 bridgehead atoms. The molecule has 2 aromatic carbocycles. The Labute approximate surface area is 161 Å². The second kappa shape index (κ2) is 7.50. The first-order chi connectivity index (χ1) is 14.0. The lowest BCUT2D eigenvalue weighted by Crippen LogP contribution is -2.31. The molecule has 0 atom stereocenters. The molecule has 29 heavy (non-hydrogen) atoms. The minimum Gasteiger partial charge on any atom is -0.442 e. The van der Waals surface area contributed by atoms with Crippen molar-refractivity contribution in [1.29, 1.82) is 0 Å². The highest BCUT2D eigenvalue weighted by atomic mass is 16.5. The molecule has 0 amide bonds. The Balaban J connectivity index is 1.45. The number of nitrogens with zero attached hydrogens (tertiary/aromatic N) is 4. The summed E-state index contributed by atoms with van der Waals surface area (Å²) >= 11 is 0. The fourth-order valence-electron chi connectivity index (χ4n) is 2.92. The molecule has 0 spiro atoms. The van der Waals surface area contributed by atoms with E-state index in [1.807, 2.05) is 0 Å². The van der Waals surface area contributed by atoms with Crippen LogP contribution in [0.3, 0.4) is 0 Å². The minimum atomic E-state index is -0.659. The third kappa shape index (κ3) is 3.55. The van der Waals surface area contributed by atoms with Crippen LogP contribution < -0.4 is 16.7 Å². The molecule has 0 aliphatic rings. The predicted octanol–water partition coefficient (Wildman–Crippen LogP) is 0.386. The maximum absolute atomic E-state index is 12.4. The molecule has 0 saturated carbocycles. The van der Waals surface area contributed by atoms with Gasteiger partial charge in [-0.25, -0.2) is 4.68 Å². The lowest BCUT2D eigenvalue weighted by molar-refractivity contribution is -0.148. The summed E-state index contributed by atoms with van der Waals surface area (Å²) in [7, 11) is 0. The van der Waals surface area contributed by atoms with Gasteiger partial charge in [0.1, 0.15) is 5.52 Å². The number of fused-ring (bicyclic) bond motifs is 2. The lowest BCUT2D eigenvalue weighted by atomic mass is 10.2. The van der Waals surface area contributed by atoms with Crippen LogP contribution in [-0.4, -0.2) is 30.7 Å². The van der Waals surface area contributed by atoms with Gasteiger partial charge >= 0.3 is 5.97 Å². The third-order valence-corrected chi connectivity index (χ3v) is 4.40. The summed E-state index contributed by atoms with van der Waals surface area (Å²) in [6.07, 6.45) is -0.177. The Bertz CT molecular complexity index is 1400. The van der Waals surface area contributed by atoms with Crippen molar-refractivity contribution < 1.29 is 9.53 Å². The fraction of sp³-hybridized carbons (Fsp3) is 0.158. The molecule has 0 fully saturated rings. The van der Waals surface area contributed by atoms with Crippen molar-refractivity contribution in [2.24, 2.45) is 0 Å². The van der Waals surface area contributed by atoms with Gasteiger partial charge in [-0.05, 0) is 24.3 Å². The van der Waals surface area contributed by atoms with E-state index < -0.39 is 29.4 Å². The summed E-state index contributed by atoms with van der Waals surface area (Å²) < 4.78 is 7.05. The van der Waals surface area contributed by atoms with Crippen molar-refractivity contribution in [3.05, 3.63) is 79.6 Å². The monoisotopic (exact) mass is 393 g/mol. The number of benzene rings is 2. The molecule has 10 heteroatoms. The summed E-state index contributed by atoms with van der Waals surface area (Å²) in [6.45, 7) is -0.478. The smallest absolute Gasteiger partial charge is 0.309 e. The van der Waals surface area contributed by atoms with Crippen molar-refractivity contribution >= 4 is 27.6 Å². The molecule has 0 aliphatic carbocycles. The van der Waals surface area contributed by atoms with Crippen LogP contribution in [0.25, 0.3) is 21.7 Å². The van der Waals surface area contributed by atoms with Gasteiger partial charge in [0, 0.05) is 0 Å². The molecule has 0 aliphatic heterocycles. The second-order valence-corrected chi connectivity index (χ2v) is 6.25. The van der Waals surface area contributed by atoms with Gasteiger partial charge < -0.3 is 4.74 Å². The Kier molecular flexibility index (Phi) is 4.73. The average Bonchev–Trinajstić information content (AvgIpc) is 2.75. The number of aromatic nitrogens is 5. The van der Waals surface area contributed by atoms with Gasteiger partial charge in [-0.2, -0.15) is 4.68 Å². The molecule has 0 radical (unpaired) electrons. The lowest BCUT2D eigenvalue weighted by Gasteiger charge is -2.08. The van der Waals surface area contributed by atoms with E-state index in [0.717, 1.165) is 9.36 Å². The molecule has 2 aromatic heterocycles. The predicted molar refractivity (Wildman–Crippen MR) is 103 cm³/mol. The van der Waals surface area contributed by atoms with E-state index >= 15 is 0 Å². The second-order valence-electron chi connectivity index (χ2n) is 6.25. The number of hydrogen-bond donors (Lipinski definition) is 1.